The van der Waals surface area contributed by atoms with E-state index >= 15 is 0 Å². The van der Waals surface area contributed by atoms with E-state index in [1.807, 2.05) is 36.4 Å². The molecule has 4 rings (SSSR count). The lowest BCUT2D eigenvalue weighted by atomic mass is 10.3. The minimum Gasteiger partial charge on any atom is -0.341 e. The Balaban J connectivity index is 1.34. The Kier molecular flexibility index (Phi) is 5.27. The Morgan fingerprint density at radius 3 is 2.70 bits per heavy atom. The Labute approximate surface area is 163 Å². The van der Waals surface area contributed by atoms with E-state index in [-0.39, 0.29) is 5.91 Å². The second-order valence-electron chi connectivity index (χ2n) is 6.75. The van der Waals surface area contributed by atoms with Crippen molar-refractivity contribution in [2.45, 2.75) is 6.42 Å². The monoisotopic (exact) mass is 383 g/mol. The lowest BCUT2D eigenvalue weighted by Crippen LogP contribution is -2.36. The Hall–Kier alpha value is -2.57. The maximum Gasteiger partial charge on any atom is 0.238 e. The Bertz CT molecular complexity index is 891. The zero-order valence-corrected chi connectivity index (χ0v) is 15.7. The number of fused-ring (bicyclic) bond motifs is 1. The number of carbonyl (C=O) groups is 1. The molecule has 1 aromatic heterocycles. The number of imidazole rings is 1. The predicted molar refractivity (Wildman–Crippen MR) is 109 cm³/mol. The summed E-state index contributed by atoms with van der Waals surface area (Å²) in [6, 6.07) is 15.2. The van der Waals surface area contributed by atoms with Crippen molar-refractivity contribution in [1.29, 1.82) is 0 Å². The molecule has 2 aromatic carbocycles. The summed E-state index contributed by atoms with van der Waals surface area (Å²) in [6.45, 7) is 3.87. The first-order chi connectivity index (χ1) is 13.2. The molecule has 1 aliphatic heterocycles. The number of nitrogens with one attached hydrogen (secondary N) is 2. The fraction of sp³-hybridized carbons (Fsp3) is 0.300. The van der Waals surface area contributed by atoms with Crippen LogP contribution in [0, 0.1) is 0 Å². The first kappa shape index (κ1) is 17.8. The molecule has 1 saturated heterocycles. The standard InChI is InChI=1S/C20H22ClN5O/c21-15-6-8-16(9-7-15)22-19(27)14-25-10-3-11-26(13-12-25)20-23-17-4-1-2-5-18(17)24-20/h1-2,4-9H,3,10-14H2,(H,22,27)(H,23,24). The quantitative estimate of drug-likeness (QED) is 0.725. The van der Waals surface area contributed by atoms with Gasteiger partial charge in [-0.1, -0.05) is 23.7 Å². The van der Waals surface area contributed by atoms with Crippen LogP contribution >= 0.6 is 11.6 Å². The molecule has 27 heavy (non-hydrogen) atoms. The number of anilines is 2. The summed E-state index contributed by atoms with van der Waals surface area (Å²) in [6.07, 6.45) is 0.991. The third-order valence-corrected chi connectivity index (χ3v) is 5.01. The molecule has 0 bridgehead atoms. The van der Waals surface area contributed by atoms with Gasteiger partial charge in [-0.3, -0.25) is 9.69 Å². The van der Waals surface area contributed by atoms with Crippen LogP contribution in [0.1, 0.15) is 6.42 Å². The molecule has 3 aromatic rings. The number of para-hydroxylation sites is 2. The fourth-order valence-electron chi connectivity index (χ4n) is 3.37. The molecular weight excluding hydrogens is 362 g/mol. The minimum absolute atomic E-state index is 0.00508. The van der Waals surface area contributed by atoms with Crippen molar-refractivity contribution in [2.75, 3.05) is 42.9 Å². The van der Waals surface area contributed by atoms with Crippen LogP contribution in [0.4, 0.5) is 11.6 Å². The number of H-pyrrole nitrogens is 1. The fourth-order valence-corrected chi connectivity index (χ4v) is 3.49. The molecule has 1 fully saturated rings. The number of benzene rings is 2. The molecule has 2 heterocycles. The van der Waals surface area contributed by atoms with E-state index in [9.17, 15) is 4.79 Å². The largest absolute Gasteiger partial charge is 0.341 e. The van der Waals surface area contributed by atoms with Gasteiger partial charge in [-0.25, -0.2) is 4.98 Å². The summed E-state index contributed by atoms with van der Waals surface area (Å²) in [5, 5.41) is 3.58. The van der Waals surface area contributed by atoms with E-state index in [0.717, 1.165) is 55.3 Å². The molecule has 0 spiro atoms. The minimum atomic E-state index is -0.00508. The summed E-state index contributed by atoms with van der Waals surface area (Å²) in [4.78, 5) is 24.9. The summed E-state index contributed by atoms with van der Waals surface area (Å²) in [5.74, 6) is 0.901. The van der Waals surface area contributed by atoms with Crippen molar-refractivity contribution in [3.63, 3.8) is 0 Å². The van der Waals surface area contributed by atoms with E-state index < -0.39 is 0 Å². The number of carbonyl (C=O) groups excluding carboxylic acids is 1. The number of nitrogens with zero attached hydrogens (tertiary/aromatic N) is 3. The molecule has 140 valence electrons. The zero-order valence-electron chi connectivity index (χ0n) is 15.0. The van der Waals surface area contributed by atoms with Gasteiger partial charge >= 0.3 is 0 Å². The number of hydrogen-bond acceptors (Lipinski definition) is 4. The molecule has 0 radical (unpaired) electrons. The maximum absolute atomic E-state index is 12.3. The average molecular weight is 384 g/mol. The molecular formula is C20H22ClN5O. The highest BCUT2D eigenvalue weighted by atomic mass is 35.5. The molecule has 1 aliphatic rings. The second kappa shape index (κ2) is 7.98. The molecule has 2 N–H and O–H groups in total. The van der Waals surface area contributed by atoms with E-state index in [2.05, 4.69) is 25.1 Å². The van der Waals surface area contributed by atoms with Crippen LogP contribution in [0.5, 0.6) is 0 Å². The van der Waals surface area contributed by atoms with Gasteiger partial charge in [0.2, 0.25) is 11.9 Å². The first-order valence-electron chi connectivity index (χ1n) is 9.15. The van der Waals surface area contributed by atoms with E-state index in [0.29, 0.717) is 11.6 Å². The van der Waals surface area contributed by atoms with Crippen LogP contribution in [0.15, 0.2) is 48.5 Å². The van der Waals surface area contributed by atoms with Gasteiger partial charge in [0, 0.05) is 36.9 Å². The number of amides is 1. The number of rotatable bonds is 4. The third kappa shape index (κ3) is 4.40. The van der Waals surface area contributed by atoms with Crippen molar-refractivity contribution in [3.05, 3.63) is 53.6 Å². The molecule has 0 aliphatic carbocycles. The summed E-state index contributed by atoms with van der Waals surface area (Å²) in [7, 11) is 0. The van der Waals surface area contributed by atoms with Gasteiger partial charge in [-0.05, 0) is 42.8 Å². The van der Waals surface area contributed by atoms with Gasteiger partial charge in [-0.2, -0.15) is 0 Å². The maximum atomic E-state index is 12.3. The van der Waals surface area contributed by atoms with Gasteiger partial charge in [0.25, 0.3) is 0 Å². The smallest absolute Gasteiger partial charge is 0.238 e. The van der Waals surface area contributed by atoms with Gasteiger partial charge < -0.3 is 15.2 Å². The SMILES string of the molecule is O=C(CN1CCCN(c2nc3ccccc3[nH]2)CC1)Nc1ccc(Cl)cc1. The Morgan fingerprint density at radius 1 is 1.07 bits per heavy atom. The number of aromatic nitrogens is 2. The van der Waals surface area contributed by atoms with Crippen LogP contribution in [0.2, 0.25) is 5.02 Å². The lowest BCUT2D eigenvalue weighted by Gasteiger charge is -2.21. The highest BCUT2D eigenvalue weighted by Crippen LogP contribution is 2.18. The normalized spacial score (nSPS) is 15.7. The molecule has 0 saturated carbocycles. The van der Waals surface area contributed by atoms with Crippen molar-refractivity contribution < 1.29 is 4.79 Å². The number of aromatic amines is 1. The molecule has 0 atom stereocenters. The van der Waals surface area contributed by atoms with Crippen LogP contribution in [0.3, 0.4) is 0 Å². The highest BCUT2D eigenvalue weighted by Gasteiger charge is 2.19. The van der Waals surface area contributed by atoms with Crippen molar-refractivity contribution in [1.82, 2.24) is 14.9 Å². The van der Waals surface area contributed by atoms with Crippen molar-refractivity contribution in [3.8, 4) is 0 Å². The van der Waals surface area contributed by atoms with Gasteiger partial charge in [0.05, 0.1) is 17.6 Å². The van der Waals surface area contributed by atoms with Gasteiger partial charge in [0.1, 0.15) is 0 Å². The highest BCUT2D eigenvalue weighted by molar-refractivity contribution is 6.30. The van der Waals surface area contributed by atoms with Crippen LogP contribution in [0.25, 0.3) is 11.0 Å². The first-order valence-corrected chi connectivity index (χ1v) is 9.53. The molecule has 1 amide bonds. The number of halogens is 1. The average Bonchev–Trinajstić information content (AvgIpc) is 2.96. The Morgan fingerprint density at radius 2 is 1.89 bits per heavy atom. The van der Waals surface area contributed by atoms with Crippen molar-refractivity contribution >= 4 is 40.2 Å². The molecule has 6 nitrogen and oxygen atoms in total. The van der Waals surface area contributed by atoms with E-state index in [1.54, 1.807) is 12.1 Å². The zero-order chi connectivity index (χ0) is 18.6. The van der Waals surface area contributed by atoms with Crippen LogP contribution < -0.4 is 10.2 Å². The van der Waals surface area contributed by atoms with E-state index in [1.165, 1.54) is 0 Å². The summed E-state index contributed by atoms with van der Waals surface area (Å²) in [5.41, 5.74) is 2.80. The topological polar surface area (TPSA) is 64.3 Å². The van der Waals surface area contributed by atoms with Crippen molar-refractivity contribution in [2.24, 2.45) is 0 Å². The van der Waals surface area contributed by atoms with E-state index in [4.69, 9.17) is 11.6 Å². The van der Waals surface area contributed by atoms with Gasteiger partial charge in [0.15, 0.2) is 0 Å². The third-order valence-electron chi connectivity index (χ3n) is 4.76. The number of hydrogen-bond donors (Lipinski definition) is 2. The predicted octanol–water partition coefficient (Wildman–Crippen LogP) is 3.37. The van der Waals surface area contributed by atoms with Crippen LogP contribution in [-0.4, -0.2) is 53.5 Å². The molecule has 0 unspecified atom stereocenters. The molecule has 7 heteroatoms. The van der Waals surface area contributed by atoms with Gasteiger partial charge in [-0.15, -0.1) is 0 Å². The summed E-state index contributed by atoms with van der Waals surface area (Å²) >= 11 is 5.88. The summed E-state index contributed by atoms with van der Waals surface area (Å²) < 4.78 is 0. The second-order valence-corrected chi connectivity index (χ2v) is 7.19. The van der Waals surface area contributed by atoms with Crippen LogP contribution in [-0.2, 0) is 4.79 Å². The lowest BCUT2D eigenvalue weighted by molar-refractivity contribution is -0.117.